The SMILES string of the molecule is C/C=C(/C=O)[C@@H]1NC(C(=O)O)=C2[C@@H](OC)CCC[C@@H]21. The maximum Gasteiger partial charge on any atom is 0.352 e. The van der Waals surface area contributed by atoms with E-state index in [0.717, 1.165) is 31.1 Å². The Morgan fingerprint density at radius 3 is 2.74 bits per heavy atom. The Morgan fingerprint density at radius 1 is 1.47 bits per heavy atom. The number of methoxy groups -OCH3 is 1. The zero-order chi connectivity index (χ0) is 14.0. The number of ether oxygens (including phenoxy) is 1. The first-order chi connectivity index (χ1) is 9.13. The lowest BCUT2D eigenvalue weighted by atomic mass is 9.78. The van der Waals surface area contributed by atoms with Crippen LogP contribution in [-0.4, -0.2) is 36.6 Å². The van der Waals surface area contributed by atoms with Gasteiger partial charge < -0.3 is 15.2 Å². The molecule has 0 bridgehead atoms. The monoisotopic (exact) mass is 265 g/mol. The number of rotatable bonds is 4. The lowest BCUT2D eigenvalue weighted by molar-refractivity contribution is -0.133. The number of allylic oxidation sites excluding steroid dienone is 1. The van der Waals surface area contributed by atoms with Crippen LogP contribution in [0.25, 0.3) is 0 Å². The second kappa shape index (κ2) is 5.57. The molecule has 2 N–H and O–H groups in total. The van der Waals surface area contributed by atoms with Gasteiger partial charge in [-0.05, 0) is 31.8 Å². The van der Waals surface area contributed by atoms with E-state index in [0.29, 0.717) is 5.57 Å². The van der Waals surface area contributed by atoms with Crippen molar-refractivity contribution in [3.8, 4) is 0 Å². The van der Waals surface area contributed by atoms with Gasteiger partial charge in [0, 0.05) is 18.6 Å². The molecule has 1 heterocycles. The van der Waals surface area contributed by atoms with Crippen LogP contribution in [0.1, 0.15) is 26.2 Å². The molecule has 1 aliphatic heterocycles. The van der Waals surface area contributed by atoms with Crippen molar-refractivity contribution in [3.63, 3.8) is 0 Å². The molecule has 0 aromatic carbocycles. The van der Waals surface area contributed by atoms with E-state index in [9.17, 15) is 14.7 Å². The van der Waals surface area contributed by atoms with Crippen LogP contribution in [0.2, 0.25) is 0 Å². The first-order valence-electron chi connectivity index (χ1n) is 6.52. The van der Waals surface area contributed by atoms with E-state index in [-0.39, 0.29) is 23.8 Å². The first-order valence-corrected chi connectivity index (χ1v) is 6.52. The topological polar surface area (TPSA) is 75.6 Å². The molecule has 0 radical (unpaired) electrons. The number of carbonyl (C=O) groups excluding carboxylic acids is 1. The summed E-state index contributed by atoms with van der Waals surface area (Å²) in [6.07, 6.45) is 5.08. The number of hydrogen-bond acceptors (Lipinski definition) is 4. The van der Waals surface area contributed by atoms with Gasteiger partial charge in [-0.25, -0.2) is 4.79 Å². The fourth-order valence-electron chi connectivity index (χ4n) is 3.17. The summed E-state index contributed by atoms with van der Waals surface area (Å²) in [7, 11) is 1.60. The van der Waals surface area contributed by atoms with E-state index >= 15 is 0 Å². The highest BCUT2D eigenvalue weighted by atomic mass is 16.5. The third kappa shape index (κ3) is 2.30. The van der Waals surface area contributed by atoms with Gasteiger partial charge in [-0.1, -0.05) is 6.08 Å². The predicted octanol–water partition coefficient (Wildman–Crippen LogP) is 1.26. The minimum atomic E-state index is -0.979. The van der Waals surface area contributed by atoms with Crippen LogP contribution >= 0.6 is 0 Å². The number of nitrogens with one attached hydrogen (secondary N) is 1. The van der Waals surface area contributed by atoms with E-state index in [1.54, 1.807) is 20.1 Å². The van der Waals surface area contributed by atoms with Gasteiger partial charge in [-0.15, -0.1) is 0 Å². The highest BCUT2D eigenvalue weighted by molar-refractivity contribution is 5.89. The van der Waals surface area contributed by atoms with Gasteiger partial charge in [0.1, 0.15) is 12.0 Å². The van der Waals surface area contributed by atoms with Crippen molar-refractivity contribution in [2.45, 2.75) is 38.3 Å². The molecular weight excluding hydrogens is 246 g/mol. The fraction of sp³-hybridized carbons (Fsp3) is 0.571. The third-order valence-corrected chi connectivity index (χ3v) is 4.05. The number of carboxylic acid groups (broad SMARTS) is 1. The standard InChI is InChI=1S/C14H19NO4/c1-3-8(7-16)12-9-5-4-6-10(19-2)11(9)13(15-12)14(17)18/h3,7,9-10,12,15H,4-6H2,1-2H3,(H,17,18)/b8-3-/t9-,10-,12-/m0/s1. The number of aliphatic carboxylic acids is 1. The summed E-state index contributed by atoms with van der Waals surface area (Å²) in [4.78, 5) is 22.5. The molecule has 2 aliphatic rings. The predicted molar refractivity (Wildman–Crippen MR) is 69.5 cm³/mol. The van der Waals surface area contributed by atoms with Crippen molar-refractivity contribution in [1.29, 1.82) is 0 Å². The molecule has 19 heavy (non-hydrogen) atoms. The van der Waals surface area contributed by atoms with Gasteiger partial charge in [0.05, 0.1) is 12.1 Å². The second-order valence-electron chi connectivity index (χ2n) is 4.93. The third-order valence-electron chi connectivity index (χ3n) is 4.05. The summed E-state index contributed by atoms with van der Waals surface area (Å²) in [5.41, 5.74) is 1.63. The lowest BCUT2D eigenvalue weighted by Gasteiger charge is -2.31. The van der Waals surface area contributed by atoms with Crippen molar-refractivity contribution < 1.29 is 19.4 Å². The highest BCUT2D eigenvalue weighted by Crippen LogP contribution is 2.41. The fourth-order valence-corrected chi connectivity index (χ4v) is 3.17. The van der Waals surface area contributed by atoms with E-state index in [4.69, 9.17) is 4.74 Å². The molecule has 0 spiro atoms. The van der Waals surface area contributed by atoms with Crippen LogP contribution in [0.5, 0.6) is 0 Å². The Hall–Kier alpha value is -1.62. The molecule has 5 heteroatoms. The molecule has 0 aromatic heterocycles. The van der Waals surface area contributed by atoms with Gasteiger partial charge in [0.15, 0.2) is 0 Å². The summed E-state index contributed by atoms with van der Waals surface area (Å²) in [5, 5.41) is 12.3. The van der Waals surface area contributed by atoms with Crippen molar-refractivity contribution in [2.75, 3.05) is 7.11 Å². The smallest absolute Gasteiger partial charge is 0.352 e. The van der Waals surface area contributed by atoms with E-state index < -0.39 is 5.97 Å². The molecule has 1 fully saturated rings. The largest absolute Gasteiger partial charge is 0.477 e. The molecule has 0 unspecified atom stereocenters. The number of carboxylic acids is 1. The van der Waals surface area contributed by atoms with Gasteiger partial charge >= 0.3 is 5.97 Å². The minimum Gasteiger partial charge on any atom is -0.477 e. The summed E-state index contributed by atoms with van der Waals surface area (Å²) in [6.45, 7) is 1.79. The number of aldehydes is 1. The van der Waals surface area contributed by atoms with Crippen LogP contribution < -0.4 is 5.32 Å². The Kier molecular flexibility index (Phi) is 4.04. The highest BCUT2D eigenvalue weighted by Gasteiger charge is 2.43. The summed E-state index contributed by atoms with van der Waals surface area (Å²) < 4.78 is 5.41. The normalized spacial score (nSPS) is 30.8. The molecule has 1 saturated carbocycles. The molecule has 104 valence electrons. The molecule has 0 aromatic rings. The van der Waals surface area contributed by atoms with Crippen molar-refractivity contribution in [1.82, 2.24) is 5.32 Å². The number of hydrogen-bond donors (Lipinski definition) is 2. The molecule has 0 saturated heterocycles. The first kappa shape index (κ1) is 13.8. The zero-order valence-electron chi connectivity index (χ0n) is 11.2. The van der Waals surface area contributed by atoms with Gasteiger partial charge in [0.2, 0.25) is 0 Å². The van der Waals surface area contributed by atoms with Crippen LogP contribution in [0.3, 0.4) is 0 Å². The van der Waals surface area contributed by atoms with Crippen molar-refractivity contribution >= 4 is 12.3 Å². The maximum atomic E-state index is 11.4. The molecule has 2 rings (SSSR count). The van der Waals surface area contributed by atoms with Crippen LogP contribution in [-0.2, 0) is 14.3 Å². The molecule has 0 amide bonds. The van der Waals surface area contributed by atoms with E-state index in [1.807, 2.05) is 0 Å². The minimum absolute atomic E-state index is 0.0428. The summed E-state index contributed by atoms with van der Waals surface area (Å²) in [6, 6.07) is -0.235. The maximum absolute atomic E-state index is 11.4. The Morgan fingerprint density at radius 2 is 2.21 bits per heavy atom. The number of carbonyl (C=O) groups is 2. The Bertz CT molecular complexity index is 452. The number of fused-ring (bicyclic) bond motifs is 1. The van der Waals surface area contributed by atoms with E-state index in [2.05, 4.69) is 5.32 Å². The summed E-state index contributed by atoms with van der Waals surface area (Å²) in [5.74, 6) is -0.936. The van der Waals surface area contributed by atoms with Crippen molar-refractivity contribution in [3.05, 3.63) is 22.9 Å². The Balaban J connectivity index is 2.40. The quantitative estimate of drug-likeness (QED) is 0.591. The van der Waals surface area contributed by atoms with Gasteiger partial charge in [0.25, 0.3) is 0 Å². The van der Waals surface area contributed by atoms with Gasteiger partial charge in [-0.3, -0.25) is 4.79 Å². The second-order valence-corrected chi connectivity index (χ2v) is 4.93. The van der Waals surface area contributed by atoms with E-state index in [1.165, 1.54) is 0 Å². The summed E-state index contributed by atoms with van der Waals surface area (Å²) >= 11 is 0. The average Bonchev–Trinajstić information content (AvgIpc) is 2.80. The van der Waals surface area contributed by atoms with Crippen LogP contribution in [0, 0.1) is 5.92 Å². The average molecular weight is 265 g/mol. The molecular formula is C14H19NO4. The van der Waals surface area contributed by atoms with Crippen LogP contribution in [0.15, 0.2) is 22.9 Å². The van der Waals surface area contributed by atoms with Gasteiger partial charge in [-0.2, -0.15) is 0 Å². The molecule has 3 atom stereocenters. The molecule has 1 aliphatic carbocycles. The van der Waals surface area contributed by atoms with Crippen LogP contribution in [0.4, 0.5) is 0 Å². The lowest BCUT2D eigenvalue weighted by Crippen LogP contribution is -2.35. The van der Waals surface area contributed by atoms with Crippen molar-refractivity contribution in [2.24, 2.45) is 5.92 Å². The molecule has 5 nitrogen and oxygen atoms in total. The zero-order valence-corrected chi connectivity index (χ0v) is 11.2. The Labute approximate surface area is 112 Å².